The molecule has 19 heavy (non-hydrogen) atoms. The van der Waals surface area contributed by atoms with Gasteiger partial charge in [0.1, 0.15) is 5.82 Å². The van der Waals surface area contributed by atoms with Crippen LogP contribution in [0.4, 0.5) is 4.39 Å². The summed E-state index contributed by atoms with van der Waals surface area (Å²) in [5.41, 5.74) is 3.70. The first-order valence-corrected chi connectivity index (χ1v) is 5.66. The van der Waals surface area contributed by atoms with Gasteiger partial charge in [0.2, 0.25) is 0 Å². The van der Waals surface area contributed by atoms with E-state index in [0.717, 1.165) is 16.7 Å². The van der Waals surface area contributed by atoms with E-state index in [0.29, 0.717) is 11.1 Å². The third-order valence-electron chi connectivity index (χ3n) is 2.81. The van der Waals surface area contributed by atoms with Crippen LogP contribution in [0.1, 0.15) is 16.7 Å². The monoisotopic (exact) mass is 325 g/mol. The van der Waals surface area contributed by atoms with E-state index in [9.17, 15) is 4.39 Å². The van der Waals surface area contributed by atoms with Crippen molar-refractivity contribution in [1.82, 2.24) is 0 Å². The molecule has 0 amide bonds. The predicted molar refractivity (Wildman–Crippen MR) is 73.0 cm³/mol. The first-order chi connectivity index (χ1) is 8.58. The van der Waals surface area contributed by atoms with E-state index in [1.165, 1.54) is 12.1 Å². The van der Waals surface area contributed by atoms with Crippen molar-refractivity contribution in [3.05, 3.63) is 84.2 Å². The topological polar surface area (TPSA) is 0 Å². The molecule has 0 aliphatic carbocycles. The van der Waals surface area contributed by atoms with Crippen LogP contribution in [-0.2, 0) is 32.7 Å². The Balaban J connectivity index is 0.00000180. The third kappa shape index (κ3) is 3.96. The number of hydrogen-bond acceptors (Lipinski definition) is 0. The number of hydrogen-bond donors (Lipinski definition) is 0. The summed E-state index contributed by atoms with van der Waals surface area (Å²) in [6.07, 6.45) is 0. The first-order valence-electron chi connectivity index (χ1n) is 5.66. The zero-order valence-electron chi connectivity index (χ0n) is 10.7. The van der Waals surface area contributed by atoms with Crippen LogP contribution in [-0.4, -0.2) is 0 Å². The second-order valence-corrected chi connectivity index (χ2v) is 4.20. The van der Waals surface area contributed by atoms with Crippen molar-refractivity contribution in [3.63, 3.8) is 0 Å². The molecule has 93 valence electrons. The van der Waals surface area contributed by atoms with Crippen LogP contribution in [0.15, 0.2) is 48.5 Å². The van der Waals surface area contributed by atoms with Gasteiger partial charge in [0.15, 0.2) is 0 Å². The molecule has 0 fully saturated rings. The van der Waals surface area contributed by atoms with E-state index < -0.39 is 0 Å². The Morgan fingerprint density at radius 2 is 1.16 bits per heavy atom. The van der Waals surface area contributed by atoms with Gasteiger partial charge in [-0.05, 0) is 19.1 Å². The largest absolute Gasteiger partial charge is 0.298 e. The Bertz CT molecular complexity index is 524. The molecule has 0 heterocycles. The van der Waals surface area contributed by atoms with Crippen LogP contribution in [0.25, 0.3) is 11.1 Å². The van der Waals surface area contributed by atoms with E-state index in [1.54, 1.807) is 12.1 Å². The Morgan fingerprint density at radius 3 is 1.58 bits per heavy atom. The fourth-order valence-corrected chi connectivity index (χ4v) is 1.67. The molecule has 0 atom stereocenters. The molecule has 0 saturated carbocycles. The maximum absolute atomic E-state index is 12.8. The summed E-state index contributed by atoms with van der Waals surface area (Å²) in [5.74, 6) is -0.291. The molecule has 2 heteroatoms. The van der Waals surface area contributed by atoms with Crippen LogP contribution < -0.4 is 0 Å². The maximum Gasteiger partial charge on any atom is 0.121 e. The second kappa shape index (κ2) is 6.93. The van der Waals surface area contributed by atoms with E-state index in [-0.39, 0.29) is 38.5 Å². The summed E-state index contributed by atoms with van der Waals surface area (Å²) in [6, 6.07) is 13.7. The average molecular weight is 325 g/mol. The van der Waals surface area contributed by atoms with Crippen LogP contribution in [0.5, 0.6) is 0 Å². The SMILES string of the molecule is [CH-]=C(C(=[CH-])c1ccc(F)cc1)c1ccc(C)cc1.[Y]. The van der Waals surface area contributed by atoms with E-state index in [1.807, 2.05) is 31.2 Å². The summed E-state index contributed by atoms with van der Waals surface area (Å²) in [4.78, 5) is 0. The van der Waals surface area contributed by atoms with Gasteiger partial charge in [-0.2, -0.15) is 11.1 Å². The van der Waals surface area contributed by atoms with Gasteiger partial charge >= 0.3 is 0 Å². The van der Waals surface area contributed by atoms with Gasteiger partial charge in [-0.3, -0.25) is 24.3 Å². The van der Waals surface area contributed by atoms with Gasteiger partial charge < -0.3 is 0 Å². The predicted octanol–water partition coefficient (Wildman–Crippen LogP) is 4.46. The Kier molecular flexibility index (Phi) is 5.84. The number of benzene rings is 2. The fourth-order valence-electron chi connectivity index (χ4n) is 1.67. The molecule has 0 aliphatic heterocycles. The molecule has 1 radical (unpaired) electrons. The molecule has 2 rings (SSSR count). The molecule has 0 unspecified atom stereocenters. The van der Waals surface area contributed by atoms with Gasteiger partial charge in [0, 0.05) is 32.7 Å². The Morgan fingerprint density at radius 1 is 0.789 bits per heavy atom. The summed E-state index contributed by atoms with van der Waals surface area (Å²) >= 11 is 0. The van der Waals surface area contributed by atoms with Gasteiger partial charge in [0.25, 0.3) is 0 Å². The Labute approximate surface area is 138 Å². The number of aryl methyl sites for hydroxylation is 1. The standard InChI is InChI=1S/C17H13F.Y/c1-12-4-6-15(7-5-12)13(2)14(3)16-8-10-17(18)11-9-16;/h2-11H,1H3;/q-2;. The maximum atomic E-state index is 12.8. The molecule has 0 spiro atoms. The molecule has 0 aromatic heterocycles. The van der Waals surface area contributed by atoms with Crippen molar-refractivity contribution in [2.24, 2.45) is 0 Å². The van der Waals surface area contributed by atoms with Crippen LogP contribution in [0.3, 0.4) is 0 Å². The molecule has 0 nitrogen and oxygen atoms in total. The average Bonchev–Trinajstić information content (AvgIpc) is 2.39. The van der Waals surface area contributed by atoms with Crippen molar-refractivity contribution in [2.75, 3.05) is 0 Å². The molecule has 2 aromatic carbocycles. The van der Waals surface area contributed by atoms with Gasteiger partial charge in [-0.1, -0.05) is 17.7 Å². The van der Waals surface area contributed by atoms with Crippen molar-refractivity contribution in [3.8, 4) is 0 Å². The second-order valence-electron chi connectivity index (χ2n) is 4.20. The zero-order chi connectivity index (χ0) is 13.1. The minimum Gasteiger partial charge on any atom is -0.298 e. The zero-order valence-corrected chi connectivity index (χ0v) is 13.6. The molecular weight excluding hydrogens is 312 g/mol. The molecule has 2 aromatic rings. The summed E-state index contributed by atoms with van der Waals surface area (Å²) in [7, 11) is 0. The number of rotatable bonds is 3. The number of allylic oxidation sites excluding steroid dienone is 2. The molecular formula is C17H13FY-2. The molecule has 0 saturated heterocycles. The van der Waals surface area contributed by atoms with Crippen LogP contribution in [0, 0.1) is 25.9 Å². The smallest absolute Gasteiger partial charge is 0.121 e. The molecule has 0 aliphatic rings. The summed E-state index contributed by atoms with van der Waals surface area (Å²) in [5, 5.41) is 0. The van der Waals surface area contributed by atoms with Crippen molar-refractivity contribution < 1.29 is 37.1 Å². The fraction of sp³-hybridized carbons (Fsp3) is 0.0588. The summed E-state index contributed by atoms with van der Waals surface area (Å²) in [6.45, 7) is 14.0. The first kappa shape index (κ1) is 16.0. The molecule has 0 bridgehead atoms. The van der Waals surface area contributed by atoms with Crippen molar-refractivity contribution in [1.29, 1.82) is 0 Å². The van der Waals surface area contributed by atoms with Crippen molar-refractivity contribution in [2.45, 2.75) is 6.92 Å². The number of halogens is 1. The minimum absolute atomic E-state index is 0. The quantitative estimate of drug-likeness (QED) is 0.577. The Hall–Kier alpha value is -1.05. The summed E-state index contributed by atoms with van der Waals surface area (Å²) < 4.78 is 12.8. The van der Waals surface area contributed by atoms with Crippen molar-refractivity contribution >= 4 is 11.1 Å². The normalized spacial score (nSPS) is 9.58. The van der Waals surface area contributed by atoms with Gasteiger partial charge in [-0.15, -0.1) is 24.3 Å². The van der Waals surface area contributed by atoms with Crippen LogP contribution >= 0.6 is 0 Å². The van der Waals surface area contributed by atoms with Gasteiger partial charge in [0.05, 0.1) is 0 Å². The van der Waals surface area contributed by atoms with E-state index >= 15 is 0 Å². The van der Waals surface area contributed by atoms with E-state index in [4.69, 9.17) is 13.2 Å². The van der Waals surface area contributed by atoms with Gasteiger partial charge in [-0.25, -0.2) is 4.39 Å². The van der Waals surface area contributed by atoms with Crippen LogP contribution in [0.2, 0.25) is 0 Å². The minimum atomic E-state index is -0.291. The van der Waals surface area contributed by atoms with E-state index in [2.05, 4.69) is 0 Å². The molecule has 0 N–H and O–H groups in total. The third-order valence-corrected chi connectivity index (χ3v) is 2.81.